The van der Waals surface area contributed by atoms with Gasteiger partial charge in [-0.15, -0.1) is 0 Å². The minimum atomic E-state index is -0.850. The van der Waals surface area contributed by atoms with Crippen LogP contribution in [0.4, 0.5) is 0 Å². The van der Waals surface area contributed by atoms with Crippen LogP contribution >= 0.6 is 0 Å². The van der Waals surface area contributed by atoms with E-state index in [0.29, 0.717) is 19.4 Å². The van der Waals surface area contributed by atoms with E-state index in [1.165, 1.54) is 83.5 Å². The number of carbonyl (C=O) groups is 2. The SMILES string of the molecule is CCCCCCCCCCCCCCCCCC(=O)N1CCC[C@@H]1C(=O)O. The molecule has 0 aliphatic carbocycles. The molecule has 0 saturated carbocycles. The van der Waals surface area contributed by atoms with Gasteiger partial charge in [0.2, 0.25) is 5.91 Å². The average Bonchev–Trinajstić information content (AvgIpc) is 3.15. The van der Waals surface area contributed by atoms with E-state index in [4.69, 9.17) is 5.11 Å². The lowest BCUT2D eigenvalue weighted by Gasteiger charge is -2.21. The van der Waals surface area contributed by atoms with Crippen molar-refractivity contribution in [2.24, 2.45) is 0 Å². The maximum Gasteiger partial charge on any atom is 0.326 e. The molecule has 0 bridgehead atoms. The van der Waals surface area contributed by atoms with Gasteiger partial charge in [0.15, 0.2) is 0 Å². The van der Waals surface area contributed by atoms with Crippen molar-refractivity contribution in [2.75, 3.05) is 6.54 Å². The number of hydrogen-bond donors (Lipinski definition) is 1. The molecule has 27 heavy (non-hydrogen) atoms. The summed E-state index contributed by atoms with van der Waals surface area (Å²) in [5.74, 6) is -0.813. The molecule has 1 fully saturated rings. The van der Waals surface area contributed by atoms with Crippen LogP contribution in [0.1, 0.15) is 122 Å². The summed E-state index contributed by atoms with van der Waals surface area (Å²) in [6, 6.07) is -0.575. The molecule has 1 aliphatic rings. The van der Waals surface area contributed by atoms with Gasteiger partial charge >= 0.3 is 5.97 Å². The first-order chi connectivity index (χ1) is 13.2. The quantitative estimate of drug-likeness (QED) is 0.300. The zero-order valence-electron chi connectivity index (χ0n) is 17.7. The molecule has 1 amide bonds. The summed E-state index contributed by atoms with van der Waals surface area (Å²) < 4.78 is 0. The Balaban J connectivity index is 1.84. The molecule has 1 heterocycles. The van der Waals surface area contributed by atoms with Crippen LogP contribution in [-0.4, -0.2) is 34.5 Å². The van der Waals surface area contributed by atoms with E-state index in [2.05, 4.69) is 6.92 Å². The van der Waals surface area contributed by atoms with E-state index < -0.39 is 12.0 Å². The molecule has 0 radical (unpaired) electrons. The highest BCUT2D eigenvalue weighted by Crippen LogP contribution is 2.20. The largest absolute Gasteiger partial charge is 0.480 e. The molecule has 1 atom stereocenters. The van der Waals surface area contributed by atoms with Crippen molar-refractivity contribution >= 4 is 11.9 Å². The van der Waals surface area contributed by atoms with Crippen molar-refractivity contribution in [3.8, 4) is 0 Å². The first-order valence-corrected chi connectivity index (χ1v) is 11.7. The van der Waals surface area contributed by atoms with E-state index >= 15 is 0 Å². The van der Waals surface area contributed by atoms with E-state index in [1.807, 2.05) is 0 Å². The van der Waals surface area contributed by atoms with Crippen LogP contribution in [0.5, 0.6) is 0 Å². The molecule has 0 unspecified atom stereocenters. The first-order valence-electron chi connectivity index (χ1n) is 11.7. The van der Waals surface area contributed by atoms with Crippen molar-refractivity contribution in [3.05, 3.63) is 0 Å². The predicted octanol–water partition coefficient (Wildman–Crippen LogP) is 6.32. The second-order valence-corrected chi connectivity index (χ2v) is 8.28. The van der Waals surface area contributed by atoms with Gasteiger partial charge in [-0.05, 0) is 19.3 Å². The van der Waals surface area contributed by atoms with Gasteiger partial charge in [-0.2, -0.15) is 0 Å². The molecular weight excluding hydrogens is 338 g/mol. The van der Waals surface area contributed by atoms with E-state index in [0.717, 1.165) is 19.3 Å². The molecule has 0 aromatic heterocycles. The molecule has 1 N–H and O–H groups in total. The summed E-state index contributed by atoms with van der Waals surface area (Å²) >= 11 is 0. The fraction of sp³-hybridized carbons (Fsp3) is 0.913. The third-order valence-electron chi connectivity index (χ3n) is 5.85. The number of nitrogens with zero attached hydrogens (tertiary/aromatic N) is 1. The van der Waals surface area contributed by atoms with Gasteiger partial charge in [0.1, 0.15) is 6.04 Å². The molecule has 1 aliphatic heterocycles. The maximum atomic E-state index is 12.2. The van der Waals surface area contributed by atoms with Crippen LogP contribution < -0.4 is 0 Å². The zero-order chi connectivity index (χ0) is 19.7. The number of amides is 1. The molecule has 1 rings (SSSR count). The van der Waals surface area contributed by atoms with Crippen LogP contribution in [0.3, 0.4) is 0 Å². The van der Waals surface area contributed by atoms with E-state index in [1.54, 1.807) is 4.90 Å². The average molecular weight is 382 g/mol. The Kier molecular flexibility index (Phi) is 14.2. The summed E-state index contributed by atoms with van der Waals surface area (Å²) in [6.45, 7) is 2.89. The monoisotopic (exact) mass is 381 g/mol. The summed E-state index contributed by atoms with van der Waals surface area (Å²) in [6.07, 6.45) is 21.7. The lowest BCUT2D eigenvalue weighted by molar-refractivity contribution is -0.148. The Morgan fingerprint density at radius 3 is 1.67 bits per heavy atom. The number of rotatable bonds is 17. The highest BCUT2D eigenvalue weighted by molar-refractivity contribution is 5.84. The number of carboxylic acids is 1. The van der Waals surface area contributed by atoms with Crippen molar-refractivity contribution in [3.63, 3.8) is 0 Å². The maximum absolute atomic E-state index is 12.2. The van der Waals surface area contributed by atoms with Crippen molar-refractivity contribution in [1.82, 2.24) is 4.90 Å². The van der Waals surface area contributed by atoms with Crippen LogP contribution in [-0.2, 0) is 9.59 Å². The van der Waals surface area contributed by atoms with Crippen molar-refractivity contribution in [1.29, 1.82) is 0 Å². The summed E-state index contributed by atoms with van der Waals surface area (Å²) in [7, 11) is 0. The summed E-state index contributed by atoms with van der Waals surface area (Å²) in [5.41, 5.74) is 0. The number of likely N-dealkylation sites (tertiary alicyclic amines) is 1. The normalized spacial score (nSPS) is 16.8. The molecule has 0 spiro atoms. The molecule has 4 heteroatoms. The summed E-state index contributed by atoms with van der Waals surface area (Å²) in [5, 5.41) is 9.14. The topological polar surface area (TPSA) is 57.6 Å². The van der Waals surface area contributed by atoms with Crippen LogP contribution in [0.15, 0.2) is 0 Å². The Morgan fingerprint density at radius 2 is 1.22 bits per heavy atom. The van der Waals surface area contributed by atoms with Crippen LogP contribution in [0, 0.1) is 0 Å². The fourth-order valence-corrected chi connectivity index (χ4v) is 4.11. The van der Waals surface area contributed by atoms with Crippen LogP contribution in [0.2, 0.25) is 0 Å². The molecule has 158 valence electrons. The smallest absolute Gasteiger partial charge is 0.326 e. The van der Waals surface area contributed by atoms with Gasteiger partial charge in [0.05, 0.1) is 0 Å². The molecule has 1 saturated heterocycles. The third kappa shape index (κ3) is 11.4. The molecule has 4 nitrogen and oxygen atoms in total. The predicted molar refractivity (Wildman–Crippen MR) is 112 cm³/mol. The van der Waals surface area contributed by atoms with Gasteiger partial charge in [-0.1, -0.05) is 96.8 Å². The van der Waals surface area contributed by atoms with Gasteiger partial charge < -0.3 is 10.0 Å². The van der Waals surface area contributed by atoms with Crippen LogP contribution in [0.25, 0.3) is 0 Å². The standard InChI is InChI=1S/C23H43NO3/c1-2-3-4-5-6-7-8-9-10-11-12-13-14-15-16-19-22(25)24-20-17-18-21(24)23(26)27/h21H,2-20H2,1H3,(H,26,27)/t21-/m1/s1. The van der Waals surface area contributed by atoms with Gasteiger partial charge in [-0.25, -0.2) is 4.79 Å². The van der Waals surface area contributed by atoms with Crippen molar-refractivity contribution in [2.45, 2.75) is 129 Å². The Labute approximate surface area is 167 Å². The minimum Gasteiger partial charge on any atom is -0.480 e. The first kappa shape index (κ1) is 24.0. The number of hydrogen-bond acceptors (Lipinski definition) is 2. The van der Waals surface area contributed by atoms with Gasteiger partial charge in [-0.3, -0.25) is 4.79 Å². The molecular formula is C23H43NO3. The zero-order valence-corrected chi connectivity index (χ0v) is 17.7. The summed E-state index contributed by atoms with van der Waals surface area (Å²) in [4.78, 5) is 24.9. The lowest BCUT2D eigenvalue weighted by atomic mass is 10.0. The third-order valence-corrected chi connectivity index (χ3v) is 5.85. The van der Waals surface area contributed by atoms with E-state index in [-0.39, 0.29) is 5.91 Å². The second-order valence-electron chi connectivity index (χ2n) is 8.28. The number of carbonyl (C=O) groups excluding carboxylic acids is 1. The van der Waals surface area contributed by atoms with Crippen molar-refractivity contribution < 1.29 is 14.7 Å². The number of carboxylic acid groups (broad SMARTS) is 1. The Bertz CT molecular complexity index is 397. The van der Waals surface area contributed by atoms with E-state index in [9.17, 15) is 9.59 Å². The molecule has 0 aromatic rings. The number of unbranched alkanes of at least 4 members (excludes halogenated alkanes) is 14. The highest BCUT2D eigenvalue weighted by Gasteiger charge is 2.33. The van der Waals surface area contributed by atoms with Gasteiger partial charge in [0.25, 0.3) is 0 Å². The molecule has 0 aromatic carbocycles. The Hall–Kier alpha value is -1.06. The Morgan fingerprint density at radius 1 is 0.778 bits per heavy atom. The minimum absolute atomic E-state index is 0.0367. The second kappa shape index (κ2) is 15.9. The highest BCUT2D eigenvalue weighted by atomic mass is 16.4. The lowest BCUT2D eigenvalue weighted by Crippen LogP contribution is -2.40. The number of aliphatic carboxylic acids is 1. The fourth-order valence-electron chi connectivity index (χ4n) is 4.11. The van der Waals surface area contributed by atoms with Gasteiger partial charge in [0, 0.05) is 13.0 Å².